The number of carbonyl (C=O) groups excluding carboxylic acids is 1. The lowest BCUT2D eigenvalue weighted by atomic mass is 10.5. The molecule has 0 aromatic rings. The molecule has 60 valence electrons. The molecule has 10 heavy (non-hydrogen) atoms. The summed E-state index contributed by atoms with van der Waals surface area (Å²) in [5.74, 6) is 1.79. The number of ketones is 1. The van der Waals surface area contributed by atoms with Gasteiger partial charge in [-0.3, -0.25) is 4.79 Å². The molecule has 0 saturated heterocycles. The van der Waals surface area contributed by atoms with Crippen LogP contribution in [0.3, 0.4) is 0 Å². The van der Waals surface area contributed by atoms with E-state index in [9.17, 15) is 4.79 Å². The number of Topliss-reactive ketones (excluding diaryl/α,β-unsaturated/α-hetero) is 1. The van der Waals surface area contributed by atoms with Gasteiger partial charge < -0.3 is 4.74 Å². The van der Waals surface area contributed by atoms with Gasteiger partial charge in [0.05, 0.1) is 12.4 Å². The number of carbonyl (C=O) groups is 1. The first-order chi connectivity index (χ1) is 4.77. The molecule has 0 aliphatic rings. The first-order valence-electron chi connectivity index (χ1n) is 3.00. The minimum atomic E-state index is 0.231. The SMILES string of the molecule is COCCSSCC(C)=O. The summed E-state index contributed by atoms with van der Waals surface area (Å²) in [6.07, 6.45) is 0. The van der Waals surface area contributed by atoms with Crippen LogP contribution in [0.1, 0.15) is 6.92 Å². The Labute approximate surface area is 69.5 Å². The Morgan fingerprint density at radius 3 is 2.70 bits per heavy atom. The fraction of sp³-hybridized carbons (Fsp3) is 0.833. The molecule has 0 bridgehead atoms. The van der Waals surface area contributed by atoms with Crippen molar-refractivity contribution in [3.63, 3.8) is 0 Å². The first kappa shape index (κ1) is 10.3. The van der Waals surface area contributed by atoms with Crippen LogP contribution in [0.15, 0.2) is 0 Å². The van der Waals surface area contributed by atoms with Crippen molar-refractivity contribution in [1.82, 2.24) is 0 Å². The average Bonchev–Trinajstić information content (AvgIpc) is 1.87. The van der Waals surface area contributed by atoms with Crippen LogP contribution in [-0.2, 0) is 9.53 Å². The molecule has 2 nitrogen and oxygen atoms in total. The zero-order chi connectivity index (χ0) is 7.82. The maximum absolute atomic E-state index is 10.4. The lowest BCUT2D eigenvalue weighted by Crippen LogP contribution is -1.93. The number of rotatable bonds is 6. The maximum Gasteiger partial charge on any atom is 0.140 e. The van der Waals surface area contributed by atoms with Gasteiger partial charge in [0.2, 0.25) is 0 Å². The van der Waals surface area contributed by atoms with Crippen LogP contribution in [0, 0.1) is 0 Å². The lowest BCUT2D eigenvalue weighted by molar-refractivity contribution is -0.114. The Bertz CT molecular complexity index is 95.7. The van der Waals surface area contributed by atoms with Crippen molar-refractivity contribution in [1.29, 1.82) is 0 Å². The van der Waals surface area contributed by atoms with E-state index in [0.717, 1.165) is 12.4 Å². The van der Waals surface area contributed by atoms with Crippen LogP contribution < -0.4 is 0 Å². The summed E-state index contributed by atoms with van der Waals surface area (Å²) in [6, 6.07) is 0. The summed E-state index contributed by atoms with van der Waals surface area (Å²) in [7, 11) is 4.94. The summed E-state index contributed by atoms with van der Waals surface area (Å²) < 4.78 is 4.83. The fourth-order valence-corrected chi connectivity index (χ4v) is 2.21. The van der Waals surface area contributed by atoms with Gasteiger partial charge in [-0.15, -0.1) is 0 Å². The van der Waals surface area contributed by atoms with E-state index in [-0.39, 0.29) is 5.78 Å². The molecule has 0 spiro atoms. The maximum atomic E-state index is 10.4. The zero-order valence-corrected chi connectivity index (χ0v) is 7.89. The number of hydrogen-bond acceptors (Lipinski definition) is 4. The van der Waals surface area contributed by atoms with Crippen molar-refractivity contribution < 1.29 is 9.53 Å². The van der Waals surface area contributed by atoms with E-state index in [1.807, 2.05) is 0 Å². The minimum absolute atomic E-state index is 0.231. The van der Waals surface area contributed by atoms with E-state index in [1.165, 1.54) is 0 Å². The molecule has 0 unspecified atom stereocenters. The second-order valence-electron chi connectivity index (χ2n) is 1.78. The van der Waals surface area contributed by atoms with E-state index >= 15 is 0 Å². The van der Waals surface area contributed by atoms with E-state index < -0.39 is 0 Å². The van der Waals surface area contributed by atoms with E-state index in [0.29, 0.717) is 5.75 Å². The summed E-state index contributed by atoms with van der Waals surface area (Å²) in [6.45, 7) is 2.36. The van der Waals surface area contributed by atoms with Gasteiger partial charge in [0.1, 0.15) is 5.78 Å². The van der Waals surface area contributed by atoms with Crippen molar-refractivity contribution >= 4 is 27.4 Å². The van der Waals surface area contributed by atoms with E-state index in [2.05, 4.69) is 0 Å². The molecule has 0 atom stereocenters. The smallest absolute Gasteiger partial charge is 0.140 e. The normalized spacial score (nSPS) is 9.80. The van der Waals surface area contributed by atoms with Crippen molar-refractivity contribution in [2.45, 2.75) is 6.92 Å². The van der Waals surface area contributed by atoms with Crippen LogP contribution >= 0.6 is 21.6 Å². The number of methoxy groups -OCH3 is 1. The molecule has 0 rings (SSSR count). The highest BCUT2D eigenvalue weighted by molar-refractivity contribution is 8.76. The Hall–Kier alpha value is 0.330. The monoisotopic (exact) mass is 180 g/mol. The van der Waals surface area contributed by atoms with Crippen LogP contribution in [-0.4, -0.2) is 31.0 Å². The third-order valence-corrected chi connectivity index (χ3v) is 3.09. The minimum Gasteiger partial charge on any atom is -0.384 e. The zero-order valence-electron chi connectivity index (χ0n) is 6.25. The van der Waals surface area contributed by atoms with E-state index in [4.69, 9.17) is 4.74 Å². The second-order valence-corrected chi connectivity index (χ2v) is 4.36. The fourth-order valence-electron chi connectivity index (χ4n) is 0.301. The van der Waals surface area contributed by atoms with Crippen molar-refractivity contribution in [3.05, 3.63) is 0 Å². The molecule has 0 fully saturated rings. The third kappa shape index (κ3) is 8.33. The van der Waals surface area contributed by atoms with Crippen LogP contribution in [0.25, 0.3) is 0 Å². The van der Waals surface area contributed by atoms with Gasteiger partial charge in [0.25, 0.3) is 0 Å². The highest BCUT2D eigenvalue weighted by Crippen LogP contribution is 2.19. The molecule has 4 heteroatoms. The lowest BCUT2D eigenvalue weighted by Gasteiger charge is -1.96. The molecule has 0 amide bonds. The summed E-state index contributed by atoms with van der Waals surface area (Å²) >= 11 is 0. The van der Waals surface area contributed by atoms with Crippen molar-refractivity contribution in [2.75, 3.05) is 25.2 Å². The molecular weight excluding hydrogens is 168 g/mol. The Kier molecular flexibility index (Phi) is 7.68. The number of ether oxygens (including phenoxy) is 1. The third-order valence-electron chi connectivity index (χ3n) is 0.716. The van der Waals surface area contributed by atoms with Gasteiger partial charge >= 0.3 is 0 Å². The predicted molar refractivity (Wildman–Crippen MR) is 47.5 cm³/mol. The molecule has 0 radical (unpaired) electrons. The average molecular weight is 180 g/mol. The molecular formula is C6H12O2S2. The van der Waals surface area contributed by atoms with Gasteiger partial charge in [0, 0.05) is 12.9 Å². The summed E-state index contributed by atoms with van der Waals surface area (Å²) in [5, 5.41) is 0. The molecule has 0 N–H and O–H groups in total. The first-order valence-corrected chi connectivity index (χ1v) is 5.49. The molecule has 0 aromatic carbocycles. The van der Waals surface area contributed by atoms with E-state index in [1.54, 1.807) is 35.6 Å². The Balaban J connectivity index is 2.84. The summed E-state index contributed by atoms with van der Waals surface area (Å²) in [5.41, 5.74) is 0. The molecule has 0 aromatic heterocycles. The predicted octanol–water partition coefficient (Wildman–Crippen LogP) is 1.60. The topological polar surface area (TPSA) is 26.3 Å². The highest BCUT2D eigenvalue weighted by atomic mass is 33.1. The molecule has 0 aliphatic heterocycles. The van der Waals surface area contributed by atoms with Gasteiger partial charge in [-0.05, 0) is 6.92 Å². The second kappa shape index (κ2) is 7.44. The molecule has 0 heterocycles. The quantitative estimate of drug-likeness (QED) is 0.458. The van der Waals surface area contributed by atoms with Gasteiger partial charge in [-0.25, -0.2) is 0 Å². The van der Waals surface area contributed by atoms with Gasteiger partial charge in [0.15, 0.2) is 0 Å². The van der Waals surface area contributed by atoms with Crippen molar-refractivity contribution in [3.8, 4) is 0 Å². The summed E-state index contributed by atoms with van der Waals surface area (Å²) in [4.78, 5) is 10.4. The molecule has 0 aliphatic carbocycles. The Morgan fingerprint density at radius 2 is 2.20 bits per heavy atom. The standard InChI is InChI=1S/C6H12O2S2/c1-6(7)5-10-9-4-3-8-2/h3-5H2,1-2H3. The highest BCUT2D eigenvalue weighted by Gasteiger charge is 1.93. The van der Waals surface area contributed by atoms with Crippen LogP contribution in [0.2, 0.25) is 0 Å². The van der Waals surface area contributed by atoms with Crippen molar-refractivity contribution in [2.24, 2.45) is 0 Å². The Morgan fingerprint density at radius 1 is 1.50 bits per heavy atom. The van der Waals surface area contributed by atoms with Crippen LogP contribution in [0.5, 0.6) is 0 Å². The largest absolute Gasteiger partial charge is 0.384 e. The van der Waals surface area contributed by atoms with Crippen LogP contribution in [0.4, 0.5) is 0 Å². The van der Waals surface area contributed by atoms with Gasteiger partial charge in [-0.2, -0.15) is 0 Å². The van der Waals surface area contributed by atoms with Gasteiger partial charge in [-0.1, -0.05) is 21.6 Å². The molecule has 0 saturated carbocycles. The number of hydrogen-bond donors (Lipinski definition) is 0.